The Bertz CT molecular complexity index is 511. The van der Waals surface area contributed by atoms with Crippen LogP contribution in [0, 0.1) is 11.7 Å². The Morgan fingerprint density at radius 1 is 1.20 bits per heavy atom. The molecular formula is C16H21FN2O. The van der Waals surface area contributed by atoms with E-state index in [0.717, 1.165) is 19.4 Å². The summed E-state index contributed by atoms with van der Waals surface area (Å²) in [6, 6.07) is 4.36. The van der Waals surface area contributed by atoms with Crippen LogP contribution in [0.1, 0.15) is 48.9 Å². The summed E-state index contributed by atoms with van der Waals surface area (Å²) in [6.07, 6.45) is 7.09. The van der Waals surface area contributed by atoms with Crippen LogP contribution in [0.25, 0.3) is 0 Å². The van der Waals surface area contributed by atoms with Crippen molar-refractivity contribution in [3.63, 3.8) is 0 Å². The number of carbonyl (C=O) groups is 1. The molecule has 0 bridgehead atoms. The number of benzene rings is 1. The number of likely N-dealkylation sites (tertiary alicyclic amines) is 1. The molecule has 1 aromatic carbocycles. The van der Waals surface area contributed by atoms with Gasteiger partial charge in [-0.15, -0.1) is 0 Å². The molecule has 1 saturated heterocycles. The third-order valence-electron chi connectivity index (χ3n) is 4.75. The fourth-order valence-electron chi connectivity index (χ4n) is 3.75. The van der Waals surface area contributed by atoms with Gasteiger partial charge in [-0.2, -0.15) is 0 Å². The molecule has 1 atom stereocenters. The molecule has 3 nitrogen and oxygen atoms in total. The Labute approximate surface area is 118 Å². The molecule has 1 aliphatic carbocycles. The Morgan fingerprint density at radius 3 is 2.70 bits per heavy atom. The maximum Gasteiger partial charge on any atom is 0.256 e. The van der Waals surface area contributed by atoms with E-state index in [2.05, 4.69) is 0 Å². The number of anilines is 1. The fraction of sp³-hybridized carbons (Fsp3) is 0.562. The Balaban J connectivity index is 1.83. The standard InChI is InChI=1S/C16H21FN2O/c17-12-7-8-14(18)13(10-12)16(20)19-9-3-6-15(19)11-4-1-2-5-11/h7-8,10-11,15H,1-6,9,18H2. The molecule has 1 aromatic rings. The van der Waals surface area contributed by atoms with Gasteiger partial charge in [0.25, 0.3) is 5.91 Å². The van der Waals surface area contributed by atoms with E-state index in [-0.39, 0.29) is 5.91 Å². The predicted octanol–water partition coefficient (Wildman–Crippen LogP) is 3.20. The first-order valence-electron chi connectivity index (χ1n) is 7.53. The van der Waals surface area contributed by atoms with Crippen molar-refractivity contribution in [3.8, 4) is 0 Å². The minimum Gasteiger partial charge on any atom is -0.398 e. The van der Waals surface area contributed by atoms with Crippen molar-refractivity contribution in [1.82, 2.24) is 4.90 Å². The number of hydrogen-bond acceptors (Lipinski definition) is 2. The smallest absolute Gasteiger partial charge is 0.256 e. The second-order valence-electron chi connectivity index (χ2n) is 5.98. The number of hydrogen-bond donors (Lipinski definition) is 1. The van der Waals surface area contributed by atoms with Gasteiger partial charge >= 0.3 is 0 Å². The van der Waals surface area contributed by atoms with Gasteiger partial charge in [-0.05, 0) is 49.8 Å². The summed E-state index contributed by atoms with van der Waals surface area (Å²) >= 11 is 0. The van der Waals surface area contributed by atoms with Crippen LogP contribution in [0.2, 0.25) is 0 Å². The van der Waals surface area contributed by atoms with Crippen LogP contribution >= 0.6 is 0 Å². The number of nitrogens with two attached hydrogens (primary N) is 1. The van der Waals surface area contributed by atoms with Crippen molar-refractivity contribution in [1.29, 1.82) is 0 Å². The van der Waals surface area contributed by atoms with E-state index in [1.165, 1.54) is 43.9 Å². The van der Waals surface area contributed by atoms with E-state index < -0.39 is 5.82 Å². The molecule has 108 valence electrons. The molecule has 1 amide bonds. The zero-order valence-corrected chi connectivity index (χ0v) is 11.6. The van der Waals surface area contributed by atoms with Gasteiger partial charge in [0.15, 0.2) is 0 Å². The van der Waals surface area contributed by atoms with Gasteiger partial charge in [0.1, 0.15) is 5.82 Å². The molecule has 4 heteroatoms. The first kappa shape index (κ1) is 13.4. The quantitative estimate of drug-likeness (QED) is 0.843. The monoisotopic (exact) mass is 276 g/mol. The summed E-state index contributed by atoms with van der Waals surface area (Å²) in [7, 11) is 0. The summed E-state index contributed by atoms with van der Waals surface area (Å²) in [5.41, 5.74) is 6.53. The minimum atomic E-state index is -0.404. The van der Waals surface area contributed by atoms with Gasteiger partial charge in [0.2, 0.25) is 0 Å². The van der Waals surface area contributed by atoms with Crippen molar-refractivity contribution >= 4 is 11.6 Å². The van der Waals surface area contributed by atoms with E-state index in [1.54, 1.807) is 0 Å². The van der Waals surface area contributed by atoms with Crippen LogP contribution in [-0.4, -0.2) is 23.4 Å². The lowest BCUT2D eigenvalue weighted by Crippen LogP contribution is -2.39. The van der Waals surface area contributed by atoms with Gasteiger partial charge in [0, 0.05) is 18.3 Å². The molecule has 3 rings (SSSR count). The van der Waals surface area contributed by atoms with E-state index in [9.17, 15) is 9.18 Å². The molecule has 1 heterocycles. The highest BCUT2D eigenvalue weighted by molar-refractivity contribution is 5.99. The Kier molecular flexibility index (Phi) is 3.64. The van der Waals surface area contributed by atoms with Gasteiger partial charge in [0.05, 0.1) is 5.56 Å². The summed E-state index contributed by atoms with van der Waals surface area (Å²) in [5, 5.41) is 0. The maximum atomic E-state index is 13.4. The van der Waals surface area contributed by atoms with E-state index in [0.29, 0.717) is 23.2 Å². The fourth-order valence-corrected chi connectivity index (χ4v) is 3.75. The zero-order chi connectivity index (χ0) is 14.1. The number of nitrogens with zero attached hydrogens (tertiary/aromatic N) is 1. The Morgan fingerprint density at radius 2 is 1.95 bits per heavy atom. The van der Waals surface area contributed by atoms with Crippen molar-refractivity contribution in [2.45, 2.75) is 44.6 Å². The molecule has 2 fully saturated rings. The van der Waals surface area contributed by atoms with Crippen LogP contribution in [0.15, 0.2) is 18.2 Å². The maximum absolute atomic E-state index is 13.4. The summed E-state index contributed by atoms with van der Waals surface area (Å²) in [6.45, 7) is 0.774. The second-order valence-corrected chi connectivity index (χ2v) is 5.98. The number of rotatable bonds is 2. The molecule has 2 N–H and O–H groups in total. The summed E-state index contributed by atoms with van der Waals surface area (Å²) in [5.74, 6) is 0.117. The summed E-state index contributed by atoms with van der Waals surface area (Å²) < 4.78 is 13.4. The van der Waals surface area contributed by atoms with Crippen LogP contribution in [0.4, 0.5) is 10.1 Å². The number of amides is 1. The van der Waals surface area contributed by atoms with Crippen LogP contribution < -0.4 is 5.73 Å². The van der Waals surface area contributed by atoms with Gasteiger partial charge < -0.3 is 10.6 Å². The highest BCUT2D eigenvalue weighted by atomic mass is 19.1. The molecular weight excluding hydrogens is 255 g/mol. The second kappa shape index (κ2) is 5.43. The Hall–Kier alpha value is -1.58. The first-order valence-corrected chi connectivity index (χ1v) is 7.53. The van der Waals surface area contributed by atoms with Crippen molar-refractivity contribution < 1.29 is 9.18 Å². The lowest BCUT2D eigenvalue weighted by atomic mass is 9.95. The number of halogens is 1. The highest BCUT2D eigenvalue weighted by Gasteiger charge is 2.36. The number of carbonyl (C=O) groups excluding carboxylic acids is 1. The highest BCUT2D eigenvalue weighted by Crippen LogP contribution is 2.36. The van der Waals surface area contributed by atoms with Gasteiger partial charge in [-0.1, -0.05) is 12.8 Å². The van der Waals surface area contributed by atoms with Crippen LogP contribution in [0.5, 0.6) is 0 Å². The van der Waals surface area contributed by atoms with Crippen LogP contribution in [0.3, 0.4) is 0 Å². The normalized spacial score (nSPS) is 23.4. The van der Waals surface area contributed by atoms with Gasteiger partial charge in [-0.3, -0.25) is 4.79 Å². The van der Waals surface area contributed by atoms with E-state index in [4.69, 9.17) is 5.73 Å². The zero-order valence-electron chi connectivity index (χ0n) is 11.6. The lowest BCUT2D eigenvalue weighted by Gasteiger charge is -2.29. The molecule has 0 spiro atoms. The average molecular weight is 276 g/mol. The van der Waals surface area contributed by atoms with E-state index >= 15 is 0 Å². The van der Waals surface area contributed by atoms with Gasteiger partial charge in [-0.25, -0.2) is 4.39 Å². The van der Waals surface area contributed by atoms with Crippen molar-refractivity contribution in [2.75, 3.05) is 12.3 Å². The summed E-state index contributed by atoms with van der Waals surface area (Å²) in [4.78, 5) is 14.6. The number of nitrogen functional groups attached to an aromatic ring is 1. The lowest BCUT2D eigenvalue weighted by molar-refractivity contribution is 0.0689. The minimum absolute atomic E-state index is 0.101. The molecule has 0 radical (unpaired) electrons. The average Bonchev–Trinajstić information content (AvgIpc) is 3.10. The van der Waals surface area contributed by atoms with Crippen molar-refractivity contribution in [3.05, 3.63) is 29.6 Å². The first-order chi connectivity index (χ1) is 9.66. The van der Waals surface area contributed by atoms with Crippen molar-refractivity contribution in [2.24, 2.45) is 5.92 Å². The largest absolute Gasteiger partial charge is 0.398 e. The topological polar surface area (TPSA) is 46.3 Å². The molecule has 2 aliphatic rings. The molecule has 0 aromatic heterocycles. The van der Waals surface area contributed by atoms with Crippen LogP contribution in [-0.2, 0) is 0 Å². The molecule has 1 unspecified atom stereocenters. The molecule has 1 aliphatic heterocycles. The third kappa shape index (κ3) is 2.39. The third-order valence-corrected chi connectivity index (χ3v) is 4.75. The SMILES string of the molecule is Nc1ccc(F)cc1C(=O)N1CCCC1C1CCCC1. The molecule has 1 saturated carbocycles. The van der Waals surface area contributed by atoms with E-state index in [1.807, 2.05) is 4.90 Å². The predicted molar refractivity (Wildman–Crippen MR) is 76.8 cm³/mol. The molecule has 20 heavy (non-hydrogen) atoms.